The van der Waals surface area contributed by atoms with Gasteiger partial charge in [0.05, 0.1) is 26.4 Å². The maximum atomic E-state index is 12.2. The molecule has 0 spiro atoms. The van der Waals surface area contributed by atoms with E-state index in [1.54, 1.807) is 42.5 Å². The third-order valence-corrected chi connectivity index (χ3v) is 3.59. The summed E-state index contributed by atoms with van der Waals surface area (Å²) >= 11 is 0. The molecule has 0 aliphatic rings. The Morgan fingerprint density at radius 2 is 1.52 bits per heavy atom. The molecule has 0 fully saturated rings. The van der Waals surface area contributed by atoms with E-state index in [0.717, 1.165) is 5.56 Å². The fraction of sp³-hybridized carbons (Fsp3) is 0.286. The first kappa shape index (κ1) is 20.6. The average molecular weight is 373 g/mol. The molecular weight excluding hydrogens is 349 g/mol. The number of hydrogen-bond acceptors (Lipinski definition) is 5. The summed E-state index contributed by atoms with van der Waals surface area (Å²) in [6.07, 6.45) is 3.28. The van der Waals surface area contributed by atoms with Crippen molar-refractivity contribution in [1.29, 1.82) is 0 Å². The van der Waals surface area contributed by atoms with Crippen LogP contribution in [0.2, 0.25) is 0 Å². The maximum Gasteiger partial charge on any atom is 0.185 e. The standard InChI is InChI=1S/C21H24FNO4/c22-11-12-25-13-14-26-15-16-27-20-8-4-18(5-9-20)21(24)10-3-17-1-6-19(23)7-2-17/h1-10H,11-16,23H2/b10-3+. The minimum Gasteiger partial charge on any atom is -0.491 e. The highest BCUT2D eigenvalue weighted by Gasteiger charge is 2.02. The number of rotatable bonds is 12. The largest absolute Gasteiger partial charge is 0.491 e. The summed E-state index contributed by atoms with van der Waals surface area (Å²) in [4.78, 5) is 12.2. The van der Waals surface area contributed by atoms with Crippen molar-refractivity contribution in [3.8, 4) is 5.75 Å². The summed E-state index contributed by atoms with van der Waals surface area (Å²) in [5.74, 6) is 0.571. The zero-order chi connectivity index (χ0) is 19.3. The van der Waals surface area contributed by atoms with Gasteiger partial charge in [0.25, 0.3) is 0 Å². The summed E-state index contributed by atoms with van der Waals surface area (Å²) in [7, 11) is 0. The topological polar surface area (TPSA) is 70.8 Å². The number of allylic oxidation sites excluding steroid dienone is 1. The molecule has 2 aromatic rings. The second-order valence-electron chi connectivity index (χ2n) is 5.65. The Balaban J connectivity index is 1.71. The molecule has 0 aliphatic heterocycles. The predicted octanol–water partition coefficient (Wildman–Crippen LogP) is 3.55. The fourth-order valence-electron chi connectivity index (χ4n) is 2.19. The van der Waals surface area contributed by atoms with Gasteiger partial charge in [-0.1, -0.05) is 18.2 Å². The Labute approximate surface area is 158 Å². The molecule has 0 aliphatic carbocycles. The highest BCUT2D eigenvalue weighted by Crippen LogP contribution is 2.14. The van der Waals surface area contributed by atoms with Gasteiger partial charge < -0.3 is 19.9 Å². The zero-order valence-electron chi connectivity index (χ0n) is 15.1. The first-order valence-corrected chi connectivity index (χ1v) is 8.71. The fourth-order valence-corrected chi connectivity index (χ4v) is 2.19. The quantitative estimate of drug-likeness (QED) is 0.267. The van der Waals surface area contributed by atoms with E-state index in [0.29, 0.717) is 43.4 Å². The summed E-state index contributed by atoms with van der Waals surface area (Å²) in [5.41, 5.74) is 7.81. The Bertz CT molecular complexity index is 714. The number of benzene rings is 2. The van der Waals surface area contributed by atoms with Crippen molar-refractivity contribution in [2.24, 2.45) is 0 Å². The van der Waals surface area contributed by atoms with Gasteiger partial charge in [0.2, 0.25) is 0 Å². The van der Waals surface area contributed by atoms with Crippen LogP contribution in [0.15, 0.2) is 54.6 Å². The van der Waals surface area contributed by atoms with Gasteiger partial charge >= 0.3 is 0 Å². The molecule has 0 unspecified atom stereocenters. The van der Waals surface area contributed by atoms with Crippen molar-refractivity contribution in [2.45, 2.75) is 0 Å². The second-order valence-corrected chi connectivity index (χ2v) is 5.65. The van der Waals surface area contributed by atoms with E-state index in [2.05, 4.69) is 0 Å². The van der Waals surface area contributed by atoms with Gasteiger partial charge in [0, 0.05) is 11.3 Å². The van der Waals surface area contributed by atoms with Gasteiger partial charge in [-0.3, -0.25) is 4.79 Å². The van der Waals surface area contributed by atoms with E-state index < -0.39 is 6.67 Å². The lowest BCUT2D eigenvalue weighted by Crippen LogP contribution is -2.11. The second kappa shape index (κ2) is 11.8. The van der Waals surface area contributed by atoms with E-state index in [4.69, 9.17) is 19.9 Å². The Hall–Kier alpha value is -2.70. The summed E-state index contributed by atoms with van der Waals surface area (Å²) in [5, 5.41) is 0. The van der Waals surface area contributed by atoms with Crippen LogP contribution in [0.4, 0.5) is 10.1 Å². The van der Waals surface area contributed by atoms with Crippen LogP contribution in [-0.2, 0) is 9.47 Å². The molecule has 0 heterocycles. The Kier molecular flexibility index (Phi) is 9.03. The molecule has 2 aromatic carbocycles. The maximum absolute atomic E-state index is 12.2. The van der Waals surface area contributed by atoms with Crippen LogP contribution in [0.1, 0.15) is 15.9 Å². The molecule has 2 rings (SSSR count). The lowest BCUT2D eigenvalue weighted by Gasteiger charge is -2.07. The lowest BCUT2D eigenvalue weighted by atomic mass is 10.1. The van der Waals surface area contributed by atoms with Crippen molar-refractivity contribution < 1.29 is 23.4 Å². The van der Waals surface area contributed by atoms with Gasteiger partial charge in [-0.2, -0.15) is 0 Å². The number of carbonyl (C=O) groups excluding carboxylic acids is 1. The Morgan fingerprint density at radius 1 is 0.889 bits per heavy atom. The minimum atomic E-state index is -0.487. The number of halogens is 1. The highest BCUT2D eigenvalue weighted by molar-refractivity contribution is 6.06. The number of nitrogen functional groups attached to an aromatic ring is 1. The van der Waals surface area contributed by atoms with Crippen LogP contribution in [0.25, 0.3) is 6.08 Å². The van der Waals surface area contributed by atoms with Crippen molar-refractivity contribution in [3.63, 3.8) is 0 Å². The van der Waals surface area contributed by atoms with Gasteiger partial charge in [0.15, 0.2) is 5.78 Å². The monoisotopic (exact) mass is 373 g/mol. The normalized spacial score (nSPS) is 11.0. The minimum absolute atomic E-state index is 0.0880. The van der Waals surface area contributed by atoms with E-state index in [1.807, 2.05) is 12.1 Å². The average Bonchev–Trinajstić information content (AvgIpc) is 2.70. The summed E-state index contributed by atoms with van der Waals surface area (Å²) in [6.45, 7) is 1.16. The number of ketones is 1. The van der Waals surface area contributed by atoms with Gasteiger partial charge in [-0.25, -0.2) is 4.39 Å². The number of ether oxygens (including phenoxy) is 3. The number of carbonyl (C=O) groups is 1. The smallest absolute Gasteiger partial charge is 0.185 e. The molecule has 0 amide bonds. The van der Waals surface area contributed by atoms with E-state index in [9.17, 15) is 9.18 Å². The van der Waals surface area contributed by atoms with Crippen LogP contribution in [0.3, 0.4) is 0 Å². The molecule has 2 N–H and O–H groups in total. The Morgan fingerprint density at radius 3 is 2.19 bits per heavy atom. The first-order valence-electron chi connectivity index (χ1n) is 8.71. The number of alkyl halides is 1. The molecule has 0 atom stereocenters. The summed E-state index contributed by atoms with van der Waals surface area (Å²) < 4.78 is 27.6. The molecule has 27 heavy (non-hydrogen) atoms. The van der Waals surface area contributed by atoms with E-state index in [-0.39, 0.29) is 12.4 Å². The van der Waals surface area contributed by atoms with Crippen LogP contribution in [0.5, 0.6) is 5.75 Å². The molecule has 0 aromatic heterocycles. The zero-order valence-corrected chi connectivity index (χ0v) is 15.1. The van der Waals surface area contributed by atoms with E-state index in [1.165, 1.54) is 6.08 Å². The van der Waals surface area contributed by atoms with Gasteiger partial charge in [-0.15, -0.1) is 0 Å². The highest BCUT2D eigenvalue weighted by atomic mass is 19.1. The van der Waals surface area contributed by atoms with E-state index >= 15 is 0 Å². The molecule has 0 radical (unpaired) electrons. The molecule has 6 heteroatoms. The van der Waals surface area contributed by atoms with Gasteiger partial charge in [0.1, 0.15) is 19.0 Å². The molecule has 0 saturated heterocycles. The first-order chi connectivity index (χ1) is 13.2. The van der Waals surface area contributed by atoms with Crippen molar-refractivity contribution >= 4 is 17.5 Å². The van der Waals surface area contributed by atoms with Crippen LogP contribution in [-0.4, -0.2) is 45.5 Å². The van der Waals surface area contributed by atoms with Gasteiger partial charge in [-0.05, 0) is 48.0 Å². The number of anilines is 1. The lowest BCUT2D eigenvalue weighted by molar-refractivity contribution is 0.0325. The molecule has 0 bridgehead atoms. The summed E-state index contributed by atoms with van der Waals surface area (Å²) in [6, 6.07) is 14.2. The van der Waals surface area contributed by atoms with Crippen LogP contribution >= 0.6 is 0 Å². The predicted molar refractivity (Wildman–Crippen MR) is 104 cm³/mol. The number of nitrogens with two attached hydrogens (primary N) is 1. The molecule has 5 nitrogen and oxygen atoms in total. The van der Waals surface area contributed by atoms with Crippen LogP contribution in [0, 0.1) is 0 Å². The van der Waals surface area contributed by atoms with Crippen molar-refractivity contribution in [2.75, 3.05) is 45.4 Å². The van der Waals surface area contributed by atoms with Crippen LogP contribution < -0.4 is 10.5 Å². The molecule has 144 valence electrons. The molecule has 0 saturated carbocycles. The SMILES string of the molecule is Nc1ccc(/C=C/C(=O)c2ccc(OCCOCCOCCF)cc2)cc1. The third kappa shape index (κ3) is 8.02. The van der Waals surface area contributed by atoms with Crippen molar-refractivity contribution in [3.05, 3.63) is 65.7 Å². The molecular formula is C21H24FNO4. The van der Waals surface area contributed by atoms with Crippen molar-refractivity contribution in [1.82, 2.24) is 0 Å². The number of hydrogen-bond donors (Lipinski definition) is 1. The third-order valence-electron chi connectivity index (χ3n) is 3.59.